The van der Waals surface area contributed by atoms with Crippen LogP contribution in [0.1, 0.15) is 38.8 Å². The van der Waals surface area contributed by atoms with Crippen molar-refractivity contribution in [3.05, 3.63) is 29.3 Å². The lowest BCUT2D eigenvalue weighted by Crippen LogP contribution is -2.39. The van der Waals surface area contributed by atoms with Crippen molar-refractivity contribution in [3.63, 3.8) is 0 Å². The van der Waals surface area contributed by atoms with E-state index in [-0.39, 0.29) is 17.0 Å². The van der Waals surface area contributed by atoms with Gasteiger partial charge in [0.15, 0.2) is 0 Å². The third kappa shape index (κ3) is 3.44. The molecule has 0 aromatic heterocycles. The number of nitriles is 1. The third-order valence-corrected chi connectivity index (χ3v) is 3.67. The molecule has 0 N–H and O–H groups in total. The van der Waals surface area contributed by atoms with Crippen LogP contribution >= 0.6 is 0 Å². The Morgan fingerprint density at radius 1 is 1.20 bits per heavy atom. The molecule has 1 unspecified atom stereocenters. The highest BCUT2D eigenvalue weighted by atomic mass is 19.4. The molecule has 1 rings (SSSR count). The third-order valence-electron chi connectivity index (χ3n) is 3.67. The number of alkyl halides is 3. The van der Waals surface area contributed by atoms with E-state index in [1.807, 2.05) is 18.9 Å². The molecule has 5 heteroatoms. The Bertz CT molecular complexity index is 521. The normalized spacial score (nSPS) is 13.8. The van der Waals surface area contributed by atoms with Crippen LogP contribution in [0.3, 0.4) is 0 Å². The summed E-state index contributed by atoms with van der Waals surface area (Å²) < 4.78 is 38.3. The summed E-state index contributed by atoms with van der Waals surface area (Å²) in [6, 6.07) is 5.42. The van der Waals surface area contributed by atoms with E-state index in [9.17, 15) is 13.2 Å². The predicted octanol–water partition coefficient (Wildman–Crippen LogP) is 4.45. The monoisotopic (exact) mass is 284 g/mol. The van der Waals surface area contributed by atoms with E-state index in [1.54, 1.807) is 6.07 Å². The maximum Gasteiger partial charge on any atom is 0.417 e. The molecule has 0 amide bonds. The molecular formula is C15H19F3N2. The van der Waals surface area contributed by atoms with Crippen molar-refractivity contribution in [1.82, 2.24) is 0 Å². The molecule has 0 aliphatic carbocycles. The zero-order valence-corrected chi connectivity index (χ0v) is 12.3. The highest BCUT2D eigenvalue weighted by molar-refractivity contribution is 5.55. The lowest BCUT2D eigenvalue weighted by molar-refractivity contribution is -0.137. The number of anilines is 1. The molecule has 0 heterocycles. The molecular weight excluding hydrogens is 265 g/mol. The molecule has 0 saturated carbocycles. The zero-order valence-electron chi connectivity index (χ0n) is 12.3. The van der Waals surface area contributed by atoms with Gasteiger partial charge in [0.25, 0.3) is 0 Å². The summed E-state index contributed by atoms with van der Waals surface area (Å²) in [5.41, 5.74) is -0.648. The summed E-state index contributed by atoms with van der Waals surface area (Å²) in [4.78, 5) is 1.89. The molecule has 0 aliphatic rings. The molecule has 0 radical (unpaired) electrons. The first-order chi connectivity index (χ1) is 8.98. The number of benzene rings is 1. The SMILES string of the molecule is CC(N(C)c1ccc(C(F)(F)F)c(C#N)c1)C(C)(C)C. The van der Waals surface area contributed by atoms with Crippen LogP contribution < -0.4 is 4.90 Å². The lowest BCUT2D eigenvalue weighted by Gasteiger charge is -2.37. The summed E-state index contributed by atoms with van der Waals surface area (Å²) in [5.74, 6) is 0. The molecule has 110 valence electrons. The summed E-state index contributed by atoms with van der Waals surface area (Å²) in [6.45, 7) is 8.18. The van der Waals surface area contributed by atoms with Gasteiger partial charge in [0.05, 0.1) is 17.2 Å². The van der Waals surface area contributed by atoms with Gasteiger partial charge in [0, 0.05) is 18.8 Å². The van der Waals surface area contributed by atoms with Crippen LogP contribution in [0.2, 0.25) is 0 Å². The van der Waals surface area contributed by atoms with E-state index in [0.29, 0.717) is 5.69 Å². The van der Waals surface area contributed by atoms with E-state index >= 15 is 0 Å². The summed E-state index contributed by atoms with van der Waals surface area (Å²) in [7, 11) is 1.82. The zero-order chi connectivity index (χ0) is 15.7. The smallest absolute Gasteiger partial charge is 0.371 e. The minimum atomic E-state index is -4.50. The number of hydrogen-bond donors (Lipinski definition) is 0. The Hall–Kier alpha value is -1.70. The quantitative estimate of drug-likeness (QED) is 0.802. The number of rotatable bonds is 2. The average Bonchev–Trinajstić information content (AvgIpc) is 2.33. The maximum atomic E-state index is 12.8. The van der Waals surface area contributed by atoms with Crippen molar-refractivity contribution in [2.75, 3.05) is 11.9 Å². The molecule has 0 fully saturated rings. The van der Waals surface area contributed by atoms with Crippen LogP contribution in [0.15, 0.2) is 18.2 Å². The van der Waals surface area contributed by atoms with E-state index in [1.165, 1.54) is 12.1 Å². The van der Waals surface area contributed by atoms with Gasteiger partial charge in [0.1, 0.15) is 0 Å². The van der Waals surface area contributed by atoms with Gasteiger partial charge in [-0.05, 0) is 30.5 Å². The molecule has 0 spiro atoms. The van der Waals surface area contributed by atoms with Crippen molar-refractivity contribution in [2.45, 2.75) is 39.9 Å². The molecule has 0 aliphatic heterocycles. The molecule has 2 nitrogen and oxygen atoms in total. The second kappa shape index (κ2) is 5.35. The van der Waals surface area contributed by atoms with Gasteiger partial charge in [-0.25, -0.2) is 0 Å². The second-order valence-corrected chi connectivity index (χ2v) is 5.99. The van der Waals surface area contributed by atoms with Gasteiger partial charge in [-0.2, -0.15) is 18.4 Å². The molecule has 1 atom stereocenters. The average molecular weight is 284 g/mol. The first-order valence-electron chi connectivity index (χ1n) is 6.32. The Balaban J connectivity index is 3.21. The summed E-state index contributed by atoms with van der Waals surface area (Å²) in [6.07, 6.45) is -4.50. The molecule has 1 aromatic rings. The van der Waals surface area contributed by atoms with Gasteiger partial charge >= 0.3 is 6.18 Å². The van der Waals surface area contributed by atoms with E-state index < -0.39 is 11.7 Å². The predicted molar refractivity (Wildman–Crippen MR) is 73.5 cm³/mol. The Kier molecular flexibility index (Phi) is 4.38. The van der Waals surface area contributed by atoms with Crippen LogP contribution in [0.4, 0.5) is 18.9 Å². The second-order valence-electron chi connectivity index (χ2n) is 5.99. The standard InChI is InChI=1S/C15H19F3N2/c1-10(14(2,3)4)20(5)12-6-7-13(15(16,17)18)11(8-12)9-19/h6-8,10H,1-5H3. The minimum absolute atomic E-state index is 0.0236. The van der Waals surface area contributed by atoms with Gasteiger partial charge in [-0.1, -0.05) is 20.8 Å². The fraction of sp³-hybridized carbons (Fsp3) is 0.533. The summed E-state index contributed by atoms with van der Waals surface area (Å²) in [5, 5.41) is 8.92. The van der Waals surface area contributed by atoms with Crippen molar-refractivity contribution in [2.24, 2.45) is 5.41 Å². The van der Waals surface area contributed by atoms with E-state index in [4.69, 9.17) is 5.26 Å². The molecule has 1 aromatic carbocycles. The van der Waals surface area contributed by atoms with E-state index in [2.05, 4.69) is 20.8 Å². The topological polar surface area (TPSA) is 27.0 Å². The largest absolute Gasteiger partial charge is 0.417 e. The van der Waals surface area contributed by atoms with Crippen LogP contribution in [-0.2, 0) is 6.18 Å². The highest BCUT2D eigenvalue weighted by Crippen LogP contribution is 2.35. The van der Waals surface area contributed by atoms with Gasteiger partial charge in [0.2, 0.25) is 0 Å². The highest BCUT2D eigenvalue weighted by Gasteiger charge is 2.34. The van der Waals surface area contributed by atoms with E-state index in [0.717, 1.165) is 6.07 Å². The van der Waals surface area contributed by atoms with Gasteiger partial charge in [-0.3, -0.25) is 0 Å². The maximum absolute atomic E-state index is 12.8. The number of halogens is 3. The fourth-order valence-electron chi connectivity index (χ4n) is 1.90. The Morgan fingerprint density at radius 2 is 1.75 bits per heavy atom. The molecule has 0 bridgehead atoms. The Labute approximate surface area is 117 Å². The van der Waals surface area contributed by atoms with Crippen LogP contribution in [0.25, 0.3) is 0 Å². The molecule has 20 heavy (non-hydrogen) atoms. The van der Waals surface area contributed by atoms with Crippen molar-refractivity contribution in [3.8, 4) is 6.07 Å². The Morgan fingerprint density at radius 3 is 2.15 bits per heavy atom. The van der Waals surface area contributed by atoms with Crippen molar-refractivity contribution >= 4 is 5.69 Å². The summed E-state index contributed by atoms with van der Waals surface area (Å²) >= 11 is 0. The van der Waals surface area contributed by atoms with Crippen molar-refractivity contribution < 1.29 is 13.2 Å². The first-order valence-corrected chi connectivity index (χ1v) is 6.32. The van der Waals surface area contributed by atoms with Crippen LogP contribution in [0, 0.1) is 16.7 Å². The fourth-order valence-corrected chi connectivity index (χ4v) is 1.90. The number of nitrogens with zero attached hydrogens (tertiary/aromatic N) is 2. The first kappa shape index (κ1) is 16.4. The molecule has 0 saturated heterocycles. The van der Waals surface area contributed by atoms with Gasteiger partial charge < -0.3 is 4.90 Å². The number of hydrogen-bond acceptors (Lipinski definition) is 2. The van der Waals surface area contributed by atoms with Crippen LogP contribution in [0.5, 0.6) is 0 Å². The minimum Gasteiger partial charge on any atom is -0.371 e. The van der Waals surface area contributed by atoms with Crippen LogP contribution in [-0.4, -0.2) is 13.1 Å². The lowest BCUT2D eigenvalue weighted by atomic mass is 9.87. The van der Waals surface area contributed by atoms with Gasteiger partial charge in [-0.15, -0.1) is 0 Å². The van der Waals surface area contributed by atoms with Crippen molar-refractivity contribution in [1.29, 1.82) is 5.26 Å².